The van der Waals surface area contributed by atoms with E-state index in [1.807, 2.05) is 0 Å². The molecule has 0 fully saturated rings. The number of furan rings is 1. The molecule has 4 aromatic rings. The molecular formula is C21H13Cl2N3O3S. The fourth-order valence-corrected chi connectivity index (χ4v) is 4.35. The van der Waals surface area contributed by atoms with Crippen LogP contribution in [0.5, 0.6) is 0 Å². The van der Waals surface area contributed by atoms with Gasteiger partial charge in [0.15, 0.2) is 0 Å². The molecule has 0 aliphatic rings. The maximum atomic E-state index is 12.6. The molecule has 0 unspecified atom stereocenters. The molecule has 150 valence electrons. The van der Waals surface area contributed by atoms with Crippen LogP contribution in [0, 0.1) is 0 Å². The van der Waals surface area contributed by atoms with E-state index in [-0.39, 0.29) is 11.8 Å². The first-order valence-electron chi connectivity index (χ1n) is 8.67. The minimum atomic E-state index is -0.389. The molecule has 6 nitrogen and oxygen atoms in total. The van der Waals surface area contributed by atoms with Gasteiger partial charge in [-0.1, -0.05) is 29.3 Å². The summed E-state index contributed by atoms with van der Waals surface area (Å²) in [5.41, 5.74) is 3.32. The molecule has 0 spiro atoms. The van der Waals surface area contributed by atoms with E-state index < -0.39 is 0 Å². The zero-order chi connectivity index (χ0) is 21.1. The van der Waals surface area contributed by atoms with Gasteiger partial charge >= 0.3 is 0 Å². The van der Waals surface area contributed by atoms with Gasteiger partial charge in [0.05, 0.1) is 17.5 Å². The van der Waals surface area contributed by atoms with Crippen molar-refractivity contribution in [1.82, 2.24) is 5.43 Å². The standard InChI is InChI=1S/C21H13Cl2N3O3S/c22-13-5-8-16-17(10-13)30-19(18(16)23)21(28)25-14-6-3-12(4-7-14)20(27)26-24-11-15-2-1-9-29-15/h1-11H,(H,25,28)(H,26,27)/b24-11-. The third-order valence-electron chi connectivity index (χ3n) is 4.10. The quantitative estimate of drug-likeness (QED) is 0.292. The van der Waals surface area contributed by atoms with Gasteiger partial charge in [0.1, 0.15) is 10.6 Å². The Kier molecular flexibility index (Phi) is 5.85. The molecule has 9 heteroatoms. The number of halogens is 2. The molecule has 0 atom stereocenters. The second kappa shape index (κ2) is 8.71. The van der Waals surface area contributed by atoms with E-state index in [2.05, 4.69) is 15.8 Å². The van der Waals surface area contributed by atoms with Crippen molar-refractivity contribution in [2.45, 2.75) is 0 Å². The van der Waals surface area contributed by atoms with Crippen LogP contribution < -0.4 is 10.7 Å². The minimum absolute atomic E-state index is 0.336. The lowest BCUT2D eigenvalue weighted by atomic mass is 10.2. The molecule has 0 aliphatic carbocycles. The highest BCUT2D eigenvalue weighted by Crippen LogP contribution is 2.37. The maximum Gasteiger partial charge on any atom is 0.271 e. The Balaban J connectivity index is 1.42. The van der Waals surface area contributed by atoms with Crippen LogP contribution in [-0.4, -0.2) is 18.0 Å². The lowest BCUT2D eigenvalue weighted by Gasteiger charge is -2.05. The third kappa shape index (κ3) is 4.38. The lowest BCUT2D eigenvalue weighted by molar-refractivity contribution is 0.0954. The van der Waals surface area contributed by atoms with Gasteiger partial charge in [0.2, 0.25) is 0 Å². The second-order valence-electron chi connectivity index (χ2n) is 6.13. The van der Waals surface area contributed by atoms with Gasteiger partial charge in [0, 0.05) is 26.4 Å². The molecule has 2 amide bonds. The zero-order valence-electron chi connectivity index (χ0n) is 15.2. The number of fused-ring (bicyclic) bond motifs is 1. The number of carbonyl (C=O) groups is 2. The normalized spacial score (nSPS) is 11.1. The van der Waals surface area contributed by atoms with E-state index in [0.29, 0.717) is 31.9 Å². The molecule has 4 rings (SSSR count). The van der Waals surface area contributed by atoms with Crippen LogP contribution in [0.1, 0.15) is 25.8 Å². The Hall–Kier alpha value is -3.13. The molecule has 30 heavy (non-hydrogen) atoms. The number of hydrogen-bond acceptors (Lipinski definition) is 5. The van der Waals surface area contributed by atoms with Crippen molar-refractivity contribution in [3.8, 4) is 0 Å². The van der Waals surface area contributed by atoms with Gasteiger partial charge in [-0.2, -0.15) is 5.10 Å². The van der Waals surface area contributed by atoms with E-state index in [1.54, 1.807) is 54.6 Å². The summed E-state index contributed by atoms with van der Waals surface area (Å²) in [5.74, 6) is -0.201. The van der Waals surface area contributed by atoms with Crippen molar-refractivity contribution in [3.63, 3.8) is 0 Å². The first kappa shape index (κ1) is 20.2. The number of hydrazone groups is 1. The van der Waals surface area contributed by atoms with Gasteiger partial charge in [-0.25, -0.2) is 5.43 Å². The Morgan fingerprint density at radius 2 is 1.83 bits per heavy atom. The molecule has 0 saturated carbocycles. The van der Waals surface area contributed by atoms with Crippen LogP contribution in [0.15, 0.2) is 70.4 Å². The average molecular weight is 458 g/mol. The molecule has 2 aromatic heterocycles. The molecule has 0 saturated heterocycles. The lowest BCUT2D eigenvalue weighted by Crippen LogP contribution is -2.17. The van der Waals surface area contributed by atoms with Crippen LogP contribution in [-0.2, 0) is 0 Å². The maximum absolute atomic E-state index is 12.6. The summed E-state index contributed by atoms with van der Waals surface area (Å²) in [4.78, 5) is 25.2. The van der Waals surface area contributed by atoms with Crippen molar-refractivity contribution in [2.75, 3.05) is 5.32 Å². The molecule has 0 aliphatic heterocycles. The van der Waals surface area contributed by atoms with E-state index >= 15 is 0 Å². The number of hydrogen-bond donors (Lipinski definition) is 2. The van der Waals surface area contributed by atoms with Gasteiger partial charge < -0.3 is 9.73 Å². The molecule has 2 N–H and O–H groups in total. The predicted molar refractivity (Wildman–Crippen MR) is 120 cm³/mol. The van der Waals surface area contributed by atoms with Gasteiger partial charge in [-0.3, -0.25) is 9.59 Å². The smallest absolute Gasteiger partial charge is 0.271 e. The van der Waals surface area contributed by atoms with Crippen molar-refractivity contribution < 1.29 is 14.0 Å². The highest BCUT2D eigenvalue weighted by Gasteiger charge is 2.17. The number of carbonyl (C=O) groups excluding carboxylic acids is 2. The zero-order valence-corrected chi connectivity index (χ0v) is 17.5. The monoisotopic (exact) mass is 457 g/mol. The summed E-state index contributed by atoms with van der Waals surface area (Å²) in [6, 6.07) is 15.1. The van der Waals surface area contributed by atoms with Crippen molar-refractivity contribution in [3.05, 3.63) is 87.1 Å². The Labute approximate surface area is 185 Å². The SMILES string of the molecule is O=C(N/N=C\c1ccco1)c1ccc(NC(=O)c2sc3cc(Cl)ccc3c2Cl)cc1. The summed E-state index contributed by atoms with van der Waals surface area (Å²) in [7, 11) is 0. The number of nitrogens with zero attached hydrogens (tertiary/aromatic N) is 1. The summed E-state index contributed by atoms with van der Waals surface area (Å²) >= 11 is 13.6. The summed E-state index contributed by atoms with van der Waals surface area (Å²) < 4.78 is 5.92. The van der Waals surface area contributed by atoms with E-state index in [0.717, 1.165) is 10.1 Å². The van der Waals surface area contributed by atoms with Gasteiger partial charge in [-0.05, 0) is 48.5 Å². The van der Waals surface area contributed by atoms with Crippen LogP contribution >= 0.6 is 34.5 Å². The number of thiophene rings is 1. The van der Waals surface area contributed by atoms with Crippen molar-refractivity contribution >= 4 is 68.3 Å². The first-order valence-corrected chi connectivity index (χ1v) is 10.2. The molecule has 2 aromatic carbocycles. The highest BCUT2D eigenvalue weighted by atomic mass is 35.5. The van der Waals surface area contributed by atoms with Crippen LogP contribution in [0.2, 0.25) is 10.0 Å². The van der Waals surface area contributed by atoms with Crippen molar-refractivity contribution in [2.24, 2.45) is 5.10 Å². The van der Waals surface area contributed by atoms with Gasteiger partial charge in [-0.15, -0.1) is 11.3 Å². The number of benzene rings is 2. The topological polar surface area (TPSA) is 83.7 Å². The van der Waals surface area contributed by atoms with Gasteiger partial charge in [0.25, 0.3) is 11.8 Å². The second-order valence-corrected chi connectivity index (χ2v) is 8.00. The molecule has 0 bridgehead atoms. The van der Waals surface area contributed by atoms with E-state index in [9.17, 15) is 9.59 Å². The summed E-state index contributed by atoms with van der Waals surface area (Å²) in [5, 5.41) is 8.35. The highest BCUT2D eigenvalue weighted by molar-refractivity contribution is 7.21. The number of amides is 2. The predicted octanol–water partition coefficient (Wildman–Crippen LogP) is 5.82. The molecular weight excluding hydrogens is 445 g/mol. The Bertz CT molecular complexity index is 1250. The van der Waals surface area contributed by atoms with Crippen LogP contribution in [0.25, 0.3) is 10.1 Å². The third-order valence-corrected chi connectivity index (χ3v) is 5.99. The van der Waals surface area contributed by atoms with Crippen LogP contribution in [0.3, 0.4) is 0 Å². The average Bonchev–Trinajstić information content (AvgIpc) is 3.36. The summed E-state index contributed by atoms with van der Waals surface area (Å²) in [6.45, 7) is 0. The van der Waals surface area contributed by atoms with Crippen molar-refractivity contribution in [1.29, 1.82) is 0 Å². The fraction of sp³-hybridized carbons (Fsp3) is 0. The fourth-order valence-electron chi connectivity index (χ4n) is 2.66. The minimum Gasteiger partial charge on any atom is -0.463 e. The van der Waals surface area contributed by atoms with E-state index in [4.69, 9.17) is 27.6 Å². The Morgan fingerprint density at radius 1 is 1.03 bits per heavy atom. The largest absolute Gasteiger partial charge is 0.463 e. The molecule has 0 radical (unpaired) electrons. The number of nitrogens with one attached hydrogen (secondary N) is 2. The number of rotatable bonds is 5. The molecule has 2 heterocycles. The van der Waals surface area contributed by atoms with Crippen LogP contribution in [0.4, 0.5) is 5.69 Å². The number of anilines is 1. The van der Waals surface area contributed by atoms with E-state index in [1.165, 1.54) is 23.8 Å². The first-order chi connectivity index (χ1) is 14.5. The Morgan fingerprint density at radius 3 is 2.57 bits per heavy atom. The summed E-state index contributed by atoms with van der Waals surface area (Å²) in [6.07, 6.45) is 2.91.